The number of nitrogens with zero attached hydrogens (tertiary/aromatic N) is 2. The summed E-state index contributed by atoms with van der Waals surface area (Å²) in [6, 6.07) is 13.4. The molecule has 2 N–H and O–H groups in total. The van der Waals surface area contributed by atoms with E-state index < -0.39 is 41.9 Å². The molecular formula is C22H21N3O7. The lowest BCUT2D eigenvalue weighted by Crippen LogP contribution is -2.71. The number of carboxylic acid groups (broad SMARTS) is 1. The van der Waals surface area contributed by atoms with Gasteiger partial charge in [0.2, 0.25) is 12.1 Å². The van der Waals surface area contributed by atoms with Crippen molar-refractivity contribution in [1.82, 2.24) is 15.1 Å². The minimum atomic E-state index is -1.43. The molecule has 0 spiro atoms. The number of fused-ring (bicyclic) bond motifs is 1. The molecule has 0 aliphatic carbocycles. The Bertz CT molecular complexity index is 1040. The van der Waals surface area contributed by atoms with Crippen molar-refractivity contribution < 1.29 is 33.8 Å². The maximum absolute atomic E-state index is 13.0. The van der Waals surface area contributed by atoms with Crippen molar-refractivity contribution in [3.05, 3.63) is 60.2 Å². The molecule has 3 amide bonds. The second-order valence-corrected chi connectivity index (χ2v) is 7.36. The number of para-hydroxylation sites is 1. The minimum absolute atomic E-state index is 0.0158. The van der Waals surface area contributed by atoms with Gasteiger partial charge in [0.25, 0.3) is 11.8 Å². The first-order valence-electron chi connectivity index (χ1n) is 9.88. The van der Waals surface area contributed by atoms with E-state index in [9.17, 15) is 24.3 Å². The Morgan fingerprint density at radius 3 is 2.38 bits per heavy atom. The zero-order chi connectivity index (χ0) is 22.8. The molecule has 32 heavy (non-hydrogen) atoms. The van der Waals surface area contributed by atoms with Gasteiger partial charge in [-0.1, -0.05) is 18.2 Å². The van der Waals surface area contributed by atoms with Gasteiger partial charge in [-0.2, -0.15) is 0 Å². The van der Waals surface area contributed by atoms with Crippen LogP contribution in [0.2, 0.25) is 0 Å². The van der Waals surface area contributed by atoms with Crippen LogP contribution in [-0.4, -0.2) is 77.1 Å². The Labute approximate surface area is 183 Å². The molecule has 0 saturated carbocycles. The number of carbonyl (C=O) groups excluding carboxylic acids is 3. The van der Waals surface area contributed by atoms with Crippen LogP contribution in [0.25, 0.3) is 0 Å². The highest BCUT2D eigenvalue weighted by Gasteiger charge is 2.61. The van der Waals surface area contributed by atoms with Crippen molar-refractivity contribution in [3.8, 4) is 11.5 Å². The average Bonchev–Trinajstić information content (AvgIpc) is 3.18. The second kappa shape index (κ2) is 8.58. The first-order valence-corrected chi connectivity index (χ1v) is 9.88. The molecule has 166 valence electrons. The quantitative estimate of drug-likeness (QED) is 0.596. The zero-order valence-electron chi connectivity index (χ0n) is 17.1. The number of amides is 3. The minimum Gasteiger partial charge on any atom is -0.497 e. The number of rotatable bonds is 7. The lowest BCUT2D eigenvalue weighted by molar-refractivity contribution is -0.163. The van der Waals surface area contributed by atoms with Crippen LogP contribution in [0.15, 0.2) is 54.6 Å². The van der Waals surface area contributed by atoms with Gasteiger partial charge in [-0.25, -0.2) is 4.79 Å². The number of ether oxygens (including phenoxy) is 2. The summed E-state index contributed by atoms with van der Waals surface area (Å²) < 4.78 is 10.4. The Hall–Kier alpha value is -4.08. The first-order chi connectivity index (χ1) is 15.4. The molecule has 2 aliphatic heterocycles. The number of hydrogen-bond acceptors (Lipinski definition) is 6. The van der Waals surface area contributed by atoms with Crippen molar-refractivity contribution >= 4 is 23.7 Å². The van der Waals surface area contributed by atoms with E-state index in [1.807, 2.05) is 6.07 Å². The van der Waals surface area contributed by atoms with Gasteiger partial charge in [0.1, 0.15) is 17.5 Å². The highest BCUT2D eigenvalue weighted by Crippen LogP contribution is 2.33. The molecule has 2 unspecified atom stereocenters. The van der Waals surface area contributed by atoms with Crippen LogP contribution in [0.5, 0.6) is 11.5 Å². The Morgan fingerprint density at radius 2 is 1.75 bits per heavy atom. The van der Waals surface area contributed by atoms with E-state index in [1.54, 1.807) is 36.4 Å². The number of carboxylic acids is 1. The van der Waals surface area contributed by atoms with Crippen molar-refractivity contribution in [3.63, 3.8) is 0 Å². The number of hydrogen-bond donors (Lipinski definition) is 2. The van der Waals surface area contributed by atoms with Crippen LogP contribution in [0, 0.1) is 0 Å². The van der Waals surface area contributed by atoms with E-state index in [-0.39, 0.29) is 18.7 Å². The van der Waals surface area contributed by atoms with E-state index >= 15 is 0 Å². The number of nitrogens with one attached hydrogen (secondary N) is 1. The van der Waals surface area contributed by atoms with Crippen molar-refractivity contribution in [2.75, 3.05) is 20.3 Å². The number of carbonyl (C=O) groups is 4. The predicted octanol–water partition coefficient (Wildman–Crippen LogP) is 0.336. The molecule has 0 radical (unpaired) electrons. The molecule has 2 heterocycles. The fourth-order valence-corrected chi connectivity index (χ4v) is 3.90. The van der Waals surface area contributed by atoms with Crippen molar-refractivity contribution in [2.24, 2.45) is 0 Å². The number of benzene rings is 2. The molecule has 0 bridgehead atoms. The number of aliphatic carboxylic acids is 1. The molecule has 10 nitrogen and oxygen atoms in total. The predicted molar refractivity (Wildman–Crippen MR) is 110 cm³/mol. The summed E-state index contributed by atoms with van der Waals surface area (Å²) in [7, 11) is 1.49. The van der Waals surface area contributed by atoms with E-state index in [4.69, 9.17) is 9.47 Å². The van der Waals surface area contributed by atoms with Crippen LogP contribution in [0.1, 0.15) is 10.4 Å². The van der Waals surface area contributed by atoms with Gasteiger partial charge in [0.05, 0.1) is 13.2 Å². The summed E-state index contributed by atoms with van der Waals surface area (Å²) in [5.74, 6) is -1.86. The highest BCUT2D eigenvalue weighted by molar-refractivity contribution is 6.02. The molecule has 2 aromatic carbocycles. The van der Waals surface area contributed by atoms with Crippen molar-refractivity contribution in [1.29, 1.82) is 0 Å². The van der Waals surface area contributed by atoms with Crippen LogP contribution < -0.4 is 14.8 Å². The third-order valence-electron chi connectivity index (χ3n) is 5.45. The normalized spacial score (nSPS) is 21.4. The third-order valence-corrected chi connectivity index (χ3v) is 5.45. The highest BCUT2D eigenvalue weighted by atomic mass is 16.5. The molecule has 3 atom stereocenters. The fraction of sp³-hybridized carbons (Fsp3) is 0.273. The summed E-state index contributed by atoms with van der Waals surface area (Å²) in [6.45, 7) is -0.310. The van der Waals surface area contributed by atoms with E-state index in [0.717, 1.165) is 9.80 Å². The van der Waals surface area contributed by atoms with Gasteiger partial charge in [-0.3, -0.25) is 14.4 Å². The molecule has 2 saturated heterocycles. The summed E-state index contributed by atoms with van der Waals surface area (Å²) >= 11 is 0. The summed E-state index contributed by atoms with van der Waals surface area (Å²) in [6.07, 6.45) is -1.43. The standard InChI is InChI=1S/C22H21N3O7/c1-31-14-9-7-13(8-10-14)20(27)24-11-16-18(21(28)25(16)19(24)22(29)30)23-17(26)12-32-15-5-3-2-4-6-15/h2-10,16,18-19H,11-12H2,1H3,(H,23,26)(H,29,30)/t16?,18-,19?/m1/s1. The van der Waals surface area contributed by atoms with Gasteiger partial charge >= 0.3 is 5.97 Å². The summed E-state index contributed by atoms with van der Waals surface area (Å²) in [5, 5.41) is 12.2. The smallest absolute Gasteiger partial charge is 0.347 e. The molecule has 4 rings (SSSR count). The Balaban J connectivity index is 1.43. The topological polar surface area (TPSA) is 125 Å². The van der Waals surface area contributed by atoms with Crippen LogP contribution in [0.4, 0.5) is 0 Å². The monoisotopic (exact) mass is 439 g/mol. The molecule has 2 fully saturated rings. The fourth-order valence-electron chi connectivity index (χ4n) is 3.90. The first kappa shape index (κ1) is 21.2. The molecule has 0 aromatic heterocycles. The molecule has 10 heteroatoms. The largest absolute Gasteiger partial charge is 0.497 e. The molecule has 2 aliphatic rings. The van der Waals surface area contributed by atoms with Gasteiger partial charge in [-0.15, -0.1) is 0 Å². The number of β-lactam (4-membered cyclic amide) rings is 1. The third kappa shape index (κ3) is 3.82. The van der Waals surface area contributed by atoms with E-state index in [1.165, 1.54) is 19.2 Å². The Kier molecular flexibility index (Phi) is 5.67. The Morgan fingerprint density at radius 1 is 1.06 bits per heavy atom. The number of methoxy groups -OCH3 is 1. The van der Waals surface area contributed by atoms with Crippen LogP contribution in [-0.2, 0) is 14.4 Å². The zero-order valence-corrected chi connectivity index (χ0v) is 17.1. The van der Waals surface area contributed by atoms with E-state index in [0.29, 0.717) is 11.5 Å². The lowest BCUT2D eigenvalue weighted by Gasteiger charge is -2.43. The molecular weight excluding hydrogens is 418 g/mol. The second-order valence-electron chi connectivity index (χ2n) is 7.36. The van der Waals surface area contributed by atoms with E-state index in [2.05, 4.69) is 5.32 Å². The van der Waals surface area contributed by atoms with Gasteiger partial charge in [-0.05, 0) is 36.4 Å². The summed E-state index contributed by atoms with van der Waals surface area (Å²) in [5.41, 5.74) is 0.267. The van der Waals surface area contributed by atoms with Crippen LogP contribution >= 0.6 is 0 Å². The lowest BCUT2D eigenvalue weighted by atomic mass is 9.96. The average molecular weight is 439 g/mol. The maximum atomic E-state index is 13.0. The summed E-state index contributed by atoms with van der Waals surface area (Å²) in [4.78, 5) is 51.9. The van der Waals surface area contributed by atoms with Crippen molar-refractivity contribution in [2.45, 2.75) is 18.2 Å². The van der Waals surface area contributed by atoms with Gasteiger partial charge in [0, 0.05) is 12.1 Å². The maximum Gasteiger partial charge on any atom is 0.347 e. The van der Waals surface area contributed by atoms with Crippen LogP contribution in [0.3, 0.4) is 0 Å². The van der Waals surface area contributed by atoms with Gasteiger partial charge < -0.3 is 29.7 Å². The van der Waals surface area contributed by atoms with Gasteiger partial charge in [0.15, 0.2) is 6.61 Å². The molecule has 2 aromatic rings. The SMILES string of the molecule is COc1ccc(C(=O)N2CC3[C@@H](NC(=O)COc4ccccc4)C(=O)N3C2C(=O)O)cc1.